The van der Waals surface area contributed by atoms with Gasteiger partial charge in [0.2, 0.25) is 0 Å². The number of methoxy groups -OCH3 is 1. The molecule has 0 bridgehead atoms. The van der Waals surface area contributed by atoms with Gasteiger partial charge in [0.1, 0.15) is 12.7 Å². The maximum absolute atomic E-state index is 12.1. The number of allylic oxidation sites excluding steroid dienone is 1. The van der Waals surface area contributed by atoms with Gasteiger partial charge in [0, 0.05) is 5.92 Å². The second-order valence-electron chi connectivity index (χ2n) is 5.87. The van der Waals surface area contributed by atoms with E-state index < -0.39 is 0 Å². The van der Waals surface area contributed by atoms with Crippen molar-refractivity contribution in [2.75, 3.05) is 7.11 Å². The molecule has 0 aliphatic rings. The third-order valence-electron chi connectivity index (χ3n) is 3.65. The monoisotopic (exact) mass is 335 g/mol. The molecule has 0 saturated carbocycles. The second kappa shape index (κ2) is 8.70. The van der Waals surface area contributed by atoms with Crippen LogP contribution in [0, 0.1) is 17.2 Å². The fourth-order valence-electron chi connectivity index (χ4n) is 2.27. The van der Waals surface area contributed by atoms with E-state index in [-0.39, 0.29) is 17.3 Å². The van der Waals surface area contributed by atoms with E-state index in [9.17, 15) is 10.1 Å². The molecule has 0 spiro atoms. The Balaban J connectivity index is 2.27. The minimum absolute atomic E-state index is 0.133. The van der Waals surface area contributed by atoms with Gasteiger partial charge in [0.15, 0.2) is 17.3 Å². The molecule has 0 atom stereocenters. The van der Waals surface area contributed by atoms with Crippen LogP contribution in [0.25, 0.3) is 6.08 Å². The molecule has 0 unspecified atom stereocenters. The molecule has 2 rings (SSSR count). The topological polar surface area (TPSA) is 59.3 Å². The van der Waals surface area contributed by atoms with E-state index in [1.54, 1.807) is 45.2 Å². The van der Waals surface area contributed by atoms with Crippen LogP contribution >= 0.6 is 0 Å². The smallest absolute Gasteiger partial charge is 0.175 e. The zero-order chi connectivity index (χ0) is 18.2. The Bertz CT molecular complexity index is 802. The third kappa shape index (κ3) is 4.95. The van der Waals surface area contributed by atoms with Crippen molar-refractivity contribution in [1.29, 1.82) is 5.26 Å². The SMILES string of the molecule is COc1ccc(/C=C(\C#N)C(=O)C(C)C)cc1OCc1ccccc1. The molecule has 0 aliphatic heterocycles. The molecule has 0 aromatic heterocycles. The Kier molecular flexibility index (Phi) is 6.36. The maximum atomic E-state index is 12.1. The van der Waals surface area contributed by atoms with E-state index in [1.807, 2.05) is 36.4 Å². The first-order chi connectivity index (χ1) is 12.0. The zero-order valence-electron chi connectivity index (χ0n) is 14.7. The summed E-state index contributed by atoms with van der Waals surface area (Å²) >= 11 is 0. The fourth-order valence-corrected chi connectivity index (χ4v) is 2.27. The highest BCUT2D eigenvalue weighted by molar-refractivity contribution is 6.04. The van der Waals surface area contributed by atoms with Gasteiger partial charge in [-0.3, -0.25) is 4.79 Å². The van der Waals surface area contributed by atoms with E-state index >= 15 is 0 Å². The first kappa shape index (κ1) is 18.3. The van der Waals surface area contributed by atoms with Crippen molar-refractivity contribution in [2.45, 2.75) is 20.5 Å². The van der Waals surface area contributed by atoms with Crippen molar-refractivity contribution < 1.29 is 14.3 Å². The summed E-state index contributed by atoms with van der Waals surface area (Å²) in [7, 11) is 1.57. The number of hydrogen-bond donors (Lipinski definition) is 0. The van der Waals surface area contributed by atoms with Gasteiger partial charge in [-0.1, -0.05) is 50.2 Å². The van der Waals surface area contributed by atoms with Crippen LogP contribution < -0.4 is 9.47 Å². The van der Waals surface area contributed by atoms with Crippen molar-refractivity contribution in [2.24, 2.45) is 5.92 Å². The number of ketones is 1. The summed E-state index contributed by atoms with van der Waals surface area (Å²) in [6.45, 7) is 3.95. The number of rotatable bonds is 7. The second-order valence-corrected chi connectivity index (χ2v) is 5.87. The molecule has 2 aromatic carbocycles. The number of hydrogen-bond acceptors (Lipinski definition) is 4. The van der Waals surface area contributed by atoms with Gasteiger partial charge in [-0.2, -0.15) is 5.26 Å². The molecule has 4 heteroatoms. The number of ether oxygens (including phenoxy) is 2. The Morgan fingerprint density at radius 1 is 1.16 bits per heavy atom. The molecule has 0 N–H and O–H groups in total. The minimum Gasteiger partial charge on any atom is -0.493 e. The Morgan fingerprint density at radius 2 is 1.88 bits per heavy atom. The molecular weight excluding hydrogens is 314 g/mol. The average molecular weight is 335 g/mol. The van der Waals surface area contributed by atoms with Gasteiger partial charge in [-0.15, -0.1) is 0 Å². The molecule has 0 radical (unpaired) electrons. The Hall–Kier alpha value is -3.06. The number of benzene rings is 2. The summed E-state index contributed by atoms with van der Waals surface area (Å²) in [4.78, 5) is 12.1. The molecule has 0 aliphatic carbocycles. The van der Waals surface area contributed by atoms with Gasteiger partial charge in [-0.05, 0) is 29.3 Å². The number of nitrogens with zero attached hydrogens (tertiary/aromatic N) is 1. The number of Topliss-reactive ketones (excluding diaryl/α,β-unsaturated/α-hetero) is 1. The first-order valence-corrected chi connectivity index (χ1v) is 8.06. The lowest BCUT2D eigenvalue weighted by Gasteiger charge is -2.12. The Labute approximate surface area is 148 Å². The highest BCUT2D eigenvalue weighted by Crippen LogP contribution is 2.30. The molecule has 128 valence electrons. The van der Waals surface area contributed by atoms with Crippen molar-refractivity contribution >= 4 is 11.9 Å². The number of carbonyl (C=O) groups excluding carboxylic acids is 1. The lowest BCUT2D eigenvalue weighted by Crippen LogP contribution is -2.08. The highest BCUT2D eigenvalue weighted by atomic mass is 16.5. The fraction of sp³-hybridized carbons (Fsp3) is 0.238. The van der Waals surface area contributed by atoms with E-state index in [2.05, 4.69) is 0 Å². The van der Waals surface area contributed by atoms with Gasteiger partial charge < -0.3 is 9.47 Å². The normalized spacial score (nSPS) is 11.1. The van der Waals surface area contributed by atoms with Crippen LogP contribution in [-0.2, 0) is 11.4 Å². The first-order valence-electron chi connectivity index (χ1n) is 8.06. The summed E-state index contributed by atoms with van der Waals surface area (Å²) in [5.41, 5.74) is 1.89. The maximum Gasteiger partial charge on any atom is 0.175 e. The van der Waals surface area contributed by atoms with Crippen LogP contribution in [0.1, 0.15) is 25.0 Å². The van der Waals surface area contributed by atoms with Crippen LogP contribution in [0.3, 0.4) is 0 Å². The summed E-state index contributed by atoms with van der Waals surface area (Å²) in [5, 5.41) is 9.23. The van der Waals surface area contributed by atoms with Gasteiger partial charge in [-0.25, -0.2) is 0 Å². The van der Waals surface area contributed by atoms with Crippen molar-refractivity contribution in [1.82, 2.24) is 0 Å². The summed E-state index contributed by atoms with van der Waals surface area (Å²) < 4.78 is 11.2. The van der Waals surface area contributed by atoms with E-state index in [0.29, 0.717) is 18.1 Å². The molecule has 4 nitrogen and oxygen atoms in total. The largest absolute Gasteiger partial charge is 0.493 e. The van der Waals surface area contributed by atoms with Crippen molar-refractivity contribution in [3.05, 3.63) is 65.2 Å². The lowest BCUT2D eigenvalue weighted by molar-refractivity contribution is -0.117. The highest BCUT2D eigenvalue weighted by Gasteiger charge is 2.14. The van der Waals surface area contributed by atoms with Crippen LogP contribution in [0.2, 0.25) is 0 Å². The average Bonchev–Trinajstić information content (AvgIpc) is 2.64. The van der Waals surface area contributed by atoms with Gasteiger partial charge >= 0.3 is 0 Å². The predicted molar refractivity (Wildman–Crippen MR) is 97.2 cm³/mol. The standard InChI is InChI=1S/C21H21NO3/c1-15(2)21(23)18(13-22)11-17-9-10-19(24-3)20(12-17)25-14-16-7-5-4-6-8-16/h4-12,15H,14H2,1-3H3/b18-11+. The minimum atomic E-state index is -0.224. The third-order valence-corrected chi connectivity index (χ3v) is 3.65. The van der Waals surface area contributed by atoms with Gasteiger partial charge in [0.05, 0.1) is 12.7 Å². The molecular formula is C21H21NO3. The van der Waals surface area contributed by atoms with Crippen LogP contribution in [-0.4, -0.2) is 12.9 Å². The van der Waals surface area contributed by atoms with Crippen molar-refractivity contribution in [3.8, 4) is 17.6 Å². The molecule has 0 amide bonds. The number of carbonyl (C=O) groups is 1. The molecule has 0 saturated heterocycles. The molecule has 0 fully saturated rings. The molecule has 25 heavy (non-hydrogen) atoms. The van der Waals surface area contributed by atoms with E-state index in [0.717, 1.165) is 11.1 Å². The lowest BCUT2D eigenvalue weighted by atomic mass is 10.00. The summed E-state index contributed by atoms with van der Waals surface area (Å²) in [6.07, 6.45) is 1.58. The van der Waals surface area contributed by atoms with E-state index in [1.165, 1.54) is 0 Å². The van der Waals surface area contributed by atoms with E-state index in [4.69, 9.17) is 9.47 Å². The van der Waals surface area contributed by atoms with Crippen molar-refractivity contribution in [3.63, 3.8) is 0 Å². The number of nitriles is 1. The molecule has 2 aromatic rings. The predicted octanol–water partition coefficient (Wildman–Crippen LogP) is 4.41. The Morgan fingerprint density at radius 3 is 2.48 bits per heavy atom. The summed E-state index contributed by atoms with van der Waals surface area (Å²) in [5.74, 6) is 0.763. The quantitative estimate of drug-likeness (QED) is 0.555. The van der Waals surface area contributed by atoms with Gasteiger partial charge in [0.25, 0.3) is 0 Å². The van der Waals surface area contributed by atoms with Crippen LogP contribution in [0.5, 0.6) is 11.5 Å². The molecule has 0 heterocycles. The van der Waals surface area contributed by atoms with Crippen LogP contribution in [0.4, 0.5) is 0 Å². The summed E-state index contributed by atoms with van der Waals surface area (Å²) in [6, 6.07) is 17.1. The zero-order valence-corrected chi connectivity index (χ0v) is 14.7. The van der Waals surface area contributed by atoms with Crippen LogP contribution in [0.15, 0.2) is 54.1 Å².